The van der Waals surface area contributed by atoms with Crippen molar-refractivity contribution in [2.24, 2.45) is 0 Å². The molecule has 1 fully saturated rings. The average molecular weight is 313 g/mol. The van der Waals surface area contributed by atoms with Crippen LogP contribution in [0, 0.1) is 0 Å². The minimum atomic E-state index is -1.03. The molecule has 1 saturated heterocycles. The molecule has 1 unspecified atom stereocenters. The van der Waals surface area contributed by atoms with E-state index >= 15 is 0 Å². The van der Waals surface area contributed by atoms with E-state index in [-0.39, 0.29) is 12.5 Å². The molecule has 1 aromatic carbocycles. The first-order chi connectivity index (χ1) is 11.1. The van der Waals surface area contributed by atoms with Crippen LogP contribution in [0.4, 0.5) is 0 Å². The Balaban J connectivity index is 1.85. The first-order valence-corrected chi connectivity index (χ1v) is 7.67. The van der Waals surface area contributed by atoms with Gasteiger partial charge in [0.15, 0.2) is 0 Å². The molecule has 2 heterocycles. The zero-order valence-corrected chi connectivity index (χ0v) is 13.0. The Labute approximate surface area is 134 Å². The van der Waals surface area contributed by atoms with E-state index in [2.05, 4.69) is 5.10 Å². The topological polar surface area (TPSA) is 75.4 Å². The molecule has 0 bridgehead atoms. The van der Waals surface area contributed by atoms with Crippen LogP contribution in [0.2, 0.25) is 0 Å². The molecule has 1 N–H and O–H groups in total. The predicted octanol–water partition coefficient (Wildman–Crippen LogP) is 1.77. The lowest BCUT2D eigenvalue weighted by atomic mass is 9.80. The number of hydrogen-bond acceptors (Lipinski definition) is 3. The zero-order chi connectivity index (χ0) is 16.4. The number of nitrogens with zero attached hydrogens (tertiary/aromatic N) is 3. The smallest absolute Gasteiger partial charge is 0.316 e. The van der Waals surface area contributed by atoms with E-state index in [1.165, 1.54) is 6.20 Å². The van der Waals surface area contributed by atoms with Crippen LogP contribution < -0.4 is 0 Å². The molecule has 6 heteroatoms. The molecule has 0 saturated carbocycles. The second kappa shape index (κ2) is 5.87. The normalized spacial score (nSPS) is 20.7. The second-order valence-corrected chi connectivity index (χ2v) is 5.81. The van der Waals surface area contributed by atoms with Gasteiger partial charge < -0.3 is 10.0 Å². The second-order valence-electron chi connectivity index (χ2n) is 5.81. The van der Waals surface area contributed by atoms with Gasteiger partial charge in [0, 0.05) is 25.8 Å². The summed E-state index contributed by atoms with van der Waals surface area (Å²) < 4.78 is 1.69. The van der Waals surface area contributed by atoms with Crippen LogP contribution in [0.3, 0.4) is 0 Å². The largest absolute Gasteiger partial charge is 0.481 e. The third kappa shape index (κ3) is 2.60. The van der Waals surface area contributed by atoms with Crippen molar-refractivity contribution in [1.29, 1.82) is 0 Å². The van der Waals surface area contributed by atoms with Crippen molar-refractivity contribution in [2.45, 2.75) is 25.3 Å². The van der Waals surface area contributed by atoms with Gasteiger partial charge in [0.2, 0.25) is 0 Å². The Hall–Kier alpha value is -2.63. The summed E-state index contributed by atoms with van der Waals surface area (Å²) in [6.45, 7) is 3.25. The Morgan fingerprint density at radius 2 is 2.04 bits per heavy atom. The lowest BCUT2D eigenvalue weighted by Gasteiger charge is -2.25. The van der Waals surface area contributed by atoms with E-state index < -0.39 is 11.4 Å². The number of benzene rings is 1. The SMILES string of the molecule is CCn1cc(C(=O)N2CCC(C(=O)O)(c3ccccc3)C2)cn1. The average Bonchev–Trinajstić information content (AvgIpc) is 3.23. The molecule has 1 amide bonds. The lowest BCUT2D eigenvalue weighted by Crippen LogP contribution is -2.40. The van der Waals surface area contributed by atoms with E-state index in [4.69, 9.17) is 0 Å². The van der Waals surface area contributed by atoms with Crippen LogP contribution in [0.15, 0.2) is 42.7 Å². The van der Waals surface area contributed by atoms with Gasteiger partial charge >= 0.3 is 5.97 Å². The number of likely N-dealkylation sites (tertiary alicyclic amines) is 1. The highest BCUT2D eigenvalue weighted by molar-refractivity contribution is 5.95. The Morgan fingerprint density at radius 3 is 2.65 bits per heavy atom. The van der Waals surface area contributed by atoms with Gasteiger partial charge in [0.05, 0.1) is 11.8 Å². The number of aliphatic carboxylic acids is 1. The van der Waals surface area contributed by atoms with Gasteiger partial charge in [-0.05, 0) is 18.9 Å². The Morgan fingerprint density at radius 1 is 1.30 bits per heavy atom. The first-order valence-electron chi connectivity index (χ1n) is 7.67. The fourth-order valence-corrected chi connectivity index (χ4v) is 3.10. The molecule has 1 atom stereocenters. The summed E-state index contributed by atoms with van der Waals surface area (Å²) in [5.41, 5.74) is 0.214. The molecular formula is C17H19N3O3. The minimum Gasteiger partial charge on any atom is -0.481 e. The Kier molecular flexibility index (Phi) is 3.90. The van der Waals surface area contributed by atoms with Crippen molar-refractivity contribution >= 4 is 11.9 Å². The van der Waals surface area contributed by atoms with Gasteiger partial charge in [0.25, 0.3) is 5.91 Å². The van der Waals surface area contributed by atoms with Crippen LogP contribution in [-0.2, 0) is 16.8 Å². The number of aryl methyl sites for hydroxylation is 1. The summed E-state index contributed by atoms with van der Waals surface area (Å²) in [4.78, 5) is 26.1. The summed E-state index contributed by atoms with van der Waals surface area (Å²) >= 11 is 0. The summed E-state index contributed by atoms with van der Waals surface area (Å²) in [6.07, 6.45) is 3.65. The van der Waals surface area contributed by atoms with Gasteiger partial charge in [-0.25, -0.2) is 0 Å². The maximum absolute atomic E-state index is 12.6. The van der Waals surface area contributed by atoms with E-state index in [9.17, 15) is 14.7 Å². The number of aromatic nitrogens is 2. The lowest BCUT2D eigenvalue weighted by molar-refractivity contribution is -0.143. The van der Waals surface area contributed by atoms with Crippen LogP contribution >= 0.6 is 0 Å². The number of carbonyl (C=O) groups is 2. The molecule has 0 spiro atoms. The molecule has 1 aliphatic heterocycles. The van der Waals surface area contributed by atoms with Gasteiger partial charge in [-0.1, -0.05) is 30.3 Å². The highest BCUT2D eigenvalue weighted by Crippen LogP contribution is 2.35. The molecule has 6 nitrogen and oxygen atoms in total. The van der Waals surface area contributed by atoms with Crippen molar-refractivity contribution in [3.05, 3.63) is 53.9 Å². The summed E-state index contributed by atoms with van der Waals surface area (Å²) in [5, 5.41) is 13.9. The van der Waals surface area contributed by atoms with Gasteiger partial charge in [-0.2, -0.15) is 5.10 Å². The third-order valence-electron chi connectivity index (χ3n) is 4.50. The van der Waals surface area contributed by atoms with E-state index in [1.54, 1.807) is 15.8 Å². The monoisotopic (exact) mass is 313 g/mol. The molecule has 0 radical (unpaired) electrons. The zero-order valence-electron chi connectivity index (χ0n) is 13.0. The molecule has 23 heavy (non-hydrogen) atoms. The number of hydrogen-bond donors (Lipinski definition) is 1. The number of carboxylic acid groups (broad SMARTS) is 1. The van der Waals surface area contributed by atoms with Crippen molar-refractivity contribution in [3.63, 3.8) is 0 Å². The van der Waals surface area contributed by atoms with E-state index in [1.807, 2.05) is 37.3 Å². The van der Waals surface area contributed by atoms with Gasteiger partial charge in [-0.3, -0.25) is 14.3 Å². The standard InChI is InChI=1S/C17H19N3O3/c1-2-20-11-13(10-18-20)15(21)19-9-8-17(12-19,16(22)23)14-6-4-3-5-7-14/h3-7,10-11H,2,8-9,12H2,1H3,(H,22,23). The number of amides is 1. The molecular weight excluding hydrogens is 294 g/mol. The van der Waals surface area contributed by atoms with Crippen LogP contribution in [0.25, 0.3) is 0 Å². The summed E-state index contributed by atoms with van der Waals surface area (Å²) in [7, 11) is 0. The molecule has 0 aliphatic carbocycles. The highest BCUT2D eigenvalue weighted by atomic mass is 16.4. The molecule has 2 aromatic rings. The van der Waals surface area contributed by atoms with E-state index in [0.29, 0.717) is 25.1 Å². The third-order valence-corrected chi connectivity index (χ3v) is 4.50. The van der Waals surface area contributed by atoms with Crippen molar-refractivity contribution < 1.29 is 14.7 Å². The number of carboxylic acids is 1. The van der Waals surface area contributed by atoms with Gasteiger partial charge in [0.1, 0.15) is 5.41 Å². The first kappa shape index (κ1) is 15.3. The number of rotatable bonds is 4. The molecule has 120 valence electrons. The van der Waals surface area contributed by atoms with Crippen LogP contribution in [0.1, 0.15) is 29.3 Å². The maximum atomic E-state index is 12.6. The Bertz CT molecular complexity index is 726. The molecule has 1 aliphatic rings. The summed E-state index contributed by atoms with van der Waals surface area (Å²) in [5.74, 6) is -1.05. The predicted molar refractivity (Wildman–Crippen MR) is 84.2 cm³/mol. The van der Waals surface area contributed by atoms with E-state index in [0.717, 1.165) is 5.56 Å². The van der Waals surface area contributed by atoms with Crippen LogP contribution in [-0.4, -0.2) is 44.8 Å². The number of carbonyl (C=O) groups excluding carboxylic acids is 1. The molecule has 3 rings (SSSR count). The fourth-order valence-electron chi connectivity index (χ4n) is 3.10. The van der Waals surface area contributed by atoms with Gasteiger partial charge in [-0.15, -0.1) is 0 Å². The maximum Gasteiger partial charge on any atom is 0.316 e. The fraction of sp³-hybridized carbons (Fsp3) is 0.353. The summed E-state index contributed by atoms with van der Waals surface area (Å²) in [6, 6.07) is 9.15. The quantitative estimate of drug-likeness (QED) is 0.933. The molecule has 1 aromatic heterocycles. The minimum absolute atomic E-state index is 0.163. The van der Waals surface area contributed by atoms with Crippen molar-refractivity contribution in [1.82, 2.24) is 14.7 Å². The van der Waals surface area contributed by atoms with Crippen LogP contribution in [0.5, 0.6) is 0 Å². The highest BCUT2D eigenvalue weighted by Gasteiger charge is 2.47. The van der Waals surface area contributed by atoms with Crippen molar-refractivity contribution in [3.8, 4) is 0 Å². The van der Waals surface area contributed by atoms with Crippen molar-refractivity contribution in [2.75, 3.05) is 13.1 Å².